The second-order valence-electron chi connectivity index (χ2n) is 5.75. The van der Waals surface area contributed by atoms with Crippen LogP contribution >= 0.6 is 0 Å². The summed E-state index contributed by atoms with van der Waals surface area (Å²) in [5, 5.41) is 11.7. The minimum atomic E-state index is -0.921. The highest BCUT2D eigenvalue weighted by Crippen LogP contribution is 2.23. The maximum absolute atomic E-state index is 13.2. The summed E-state index contributed by atoms with van der Waals surface area (Å²) in [7, 11) is 0. The number of carbonyl (C=O) groups is 2. The van der Waals surface area contributed by atoms with Crippen molar-refractivity contribution in [3.63, 3.8) is 0 Å². The van der Waals surface area contributed by atoms with Gasteiger partial charge in [0.1, 0.15) is 5.82 Å². The zero-order valence-electron chi connectivity index (χ0n) is 12.1. The van der Waals surface area contributed by atoms with Gasteiger partial charge in [-0.05, 0) is 44.0 Å². The van der Waals surface area contributed by atoms with E-state index in [4.69, 9.17) is 5.11 Å². The number of nitrogens with zero attached hydrogens (tertiary/aromatic N) is 1. The van der Waals surface area contributed by atoms with E-state index in [1.165, 1.54) is 18.2 Å². The lowest BCUT2D eigenvalue weighted by Gasteiger charge is -2.25. The van der Waals surface area contributed by atoms with Gasteiger partial charge in [0.15, 0.2) is 0 Å². The number of carboxylic acids is 1. The second kappa shape index (κ2) is 5.81. The van der Waals surface area contributed by atoms with E-state index >= 15 is 0 Å². The van der Waals surface area contributed by atoms with E-state index in [0.717, 1.165) is 0 Å². The first kappa shape index (κ1) is 15.4. The fourth-order valence-electron chi connectivity index (χ4n) is 2.53. The largest absolute Gasteiger partial charge is 0.480 e. The van der Waals surface area contributed by atoms with Crippen molar-refractivity contribution in [3.05, 3.63) is 35.1 Å². The maximum atomic E-state index is 13.2. The van der Waals surface area contributed by atoms with Crippen LogP contribution < -0.4 is 5.32 Å². The zero-order valence-corrected chi connectivity index (χ0v) is 12.1. The number of rotatable bonds is 4. The molecule has 0 radical (unpaired) electrons. The van der Waals surface area contributed by atoms with Crippen molar-refractivity contribution < 1.29 is 19.1 Å². The van der Waals surface area contributed by atoms with Crippen molar-refractivity contribution in [1.29, 1.82) is 0 Å². The Kier molecular flexibility index (Phi) is 4.27. The maximum Gasteiger partial charge on any atom is 0.317 e. The number of hydrogen-bond acceptors (Lipinski definition) is 3. The lowest BCUT2D eigenvalue weighted by molar-refractivity contribution is -0.136. The van der Waals surface area contributed by atoms with Gasteiger partial charge in [0.05, 0.1) is 6.54 Å². The highest BCUT2D eigenvalue weighted by molar-refractivity contribution is 5.94. The Hall–Kier alpha value is -1.95. The van der Waals surface area contributed by atoms with Gasteiger partial charge in [0.25, 0.3) is 5.91 Å². The van der Waals surface area contributed by atoms with Gasteiger partial charge in [-0.3, -0.25) is 14.9 Å². The van der Waals surface area contributed by atoms with Crippen molar-refractivity contribution in [2.75, 3.05) is 19.6 Å². The second-order valence-corrected chi connectivity index (χ2v) is 5.75. The minimum Gasteiger partial charge on any atom is -0.480 e. The highest BCUT2D eigenvalue weighted by atomic mass is 19.1. The number of hydrogen-bond donors (Lipinski definition) is 2. The Morgan fingerprint density at radius 2 is 2.19 bits per heavy atom. The average molecular weight is 294 g/mol. The number of amides is 1. The number of carboxylic acid groups (broad SMARTS) is 1. The quantitative estimate of drug-likeness (QED) is 0.881. The number of nitrogens with one attached hydrogen (secondary N) is 1. The number of halogens is 1. The monoisotopic (exact) mass is 294 g/mol. The molecule has 0 aromatic heterocycles. The van der Waals surface area contributed by atoms with Crippen LogP contribution in [0, 0.1) is 12.7 Å². The molecule has 1 aliphatic heterocycles. The molecule has 1 aromatic carbocycles. The van der Waals surface area contributed by atoms with Gasteiger partial charge in [-0.15, -0.1) is 0 Å². The van der Waals surface area contributed by atoms with E-state index in [-0.39, 0.29) is 18.3 Å². The van der Waals surface area contributed by atoms with Gasteiger partial charge in [-0.25, -0.2) is 4.39 Å². The molecule has 1 heterocycles. The molecule has 1 fully saturated rings. The predicted octanol–water partition coefficient (Wildman–Crippen LogP) is 1.41. The molecule has 0 bridgehead atoms. The molecule has 0 saturated carbocycles. The molecule has 1 aliphatic rings. The normalized spacial score (nSPS) is 21.6. The molecule has 1 amide bonds. The molecule has 2 rings (SSSR count). The van der Waals surface area contributed by atoms with Crippen LogP contribution in [0.4, 0.5) is 4.39 Å². The molecule has 1 aromatic rings. The van der Waals surface area contributed by atoms with Gasteiger partial charge >= 0.3 is 5.97 Å². The fourth-order valence-corrected chi connectivity index (χ4v) is 2.53. The Bertz CT molecular complexity index is 576. The van der Waals surface area contributed by atoms with Gasteiger partial charge in [-0.2, -0.15) is 0 Å². The lowest BCUT2D eigenvalue weighted by atomic mass is 10.0. The van der Waals surface area contributed by atoms with Gasteiger partial charge in [-0.1, -0.05) is 0 Å². The van der Waals surface area contributed by atoms with Crippen LogP contribution in [0.3, 0.4) is 0 Å². The van der Waals surface area contributed by atoms with Crippen LogP contribution in [0.5, 0.6) is 0 Å². The molecule has 114 valence electrons. The molecule has 0 aliphatic carbocycles. The number of aryl methyl sites for hydroxylation is 1. The summed E-state index contributed by atoms with van der Waals surface area (Å²) in [6.07, 6.45) is 0.687. The van der Waals surface area contributed by atoms with Gasteiger partial charge < -0.3 is 10.0 Å². The highest BCUT2D eigenvalue weighted by Gasteiger charge is 2.36. The Morgan fingerprint density at radius 1 is 1.48 bits per heavy atom. The van der Waals surface area contributed by atoms with E-state index in [0.29, 0.717) is 30.6 Å². The first-order valence-corrected chi connectivity index (χ1v) is 6.83. The lowest BCUT2D eigenvalue weighted by Crippen LogP contribution is -2.47. The molecule has 21 heavy (non-hydrogen) atoms. The molecule has 0 unspecified atom stereocenters. The van der Waals surface area contributed by atoms with Crippen molar-refractivity contribution in [3.8, 4) is 0 Å². The van der Waals surface area contributed by atoms with E-state index in [1.807, 2.05) is 6.92 Å². The molecule has 6 heteroatoms. The molecule has 2 N–H and O–H groups in total. The third-order valence-electron chi connectivity index (χ3n) is 3.83. The molecule has 0 spiro atoms. The summed E-state index contributed by atoms with van der Waals surface area (Å²) in [6, 6.07) is 4.31. The third-order valence-corrected chi connectivity index (χ3v) is 3.83. The first-order chi connectivity index (χ1) is 9.81. The summed E-state index contributed by atoms with van der Waals surface area (Å²) in [5.41, 5.74) is 0.492. The third kappa shape index (κ3) is 3.58. The smallest absolute Gasteiger partial charge is 0.317 e. The molecule has 1 saturated heterocycles. The SMILES string of the molecule is Cc1cc(C(=O)N2CC[C@](C)(NCC(=O)O)C2)ccc1F. The van der Waals surface area contributed by atoms with E-state index in [2.05, 4.69) is 5.32 Å². The summed E-state index contributed by atoms with van der Waals surface area (Å²) < 4.78 is 13.2. The molecule has 5 nitrogen and oxygen atoms in total. The molecular formula is C15H19FN2O3. The topological polar surface area (TPSA) is 69.6 Å². The summed E-state index contributed by atoms with van der Waals surface area (Å²) in [6.45, 7) is 4.38. The van der Waals surface area contributed by atoms with Crippen molar-refractivity contribution in [2.45, 2.75) is 25.8 Å². The van der Waals surface area contributed by atoms with Crippen molar-refractivity contribution in [2.24, 2.45) is 0 Å². The van der Waals surface area contributed by atoms with E-state index in [1.54, 1.807) is 11.8 Å². The van der Waals surface area contributed by atoms with Crippen LogP contribution in [0.15, 0.2) is 18.2 Å². The fraction of sp³-hybridized carbons (Fsp3) is 0.467. The summed E-state index contributed by atoms with van der Waals surface area (Å²) in [5.74, 6) is -1.41. The predicted molar refractivity (Wildman–Crippen MR) is 75.7 cm³/mol. The number of likely N-dealkylation sites (tertiary alicyclic amines) is 1. The van der Waals surface area contributed by atoms with Gasteiger partial charge in [0.2, 0.25) is 0 Å². The number of carbonyl (C=O) groups excluding carboxylic acids is 1. The first-order valence-electron chi connectivity index (χ1n) is 6.83. The molecular weight excluding hydrogens is 275 g/mol. The standard InChI is InChI=1S/C15H19FN2O3/c1-10-7-11(3-4-12(10)16)14(21)18-6-5-15(2,9-18)17-8-13(19)20/h3-4,7,17H,5-6,8-9H2,1-2H3,(H,19,20)/t15-/m0/s1. The van der Waals surface area contributed by atoms with E-state index in [9.17, 15) is 14.0 Å². The van der Waals surface area contributed by atoms with Gasteiger partial charge in [0, 0.05) is 24.2 Å². The zero-order chi connectivity index (χ0) is 15.6. The number of benzene rings is 1. The van der Waals surface area contributed by atoms with Crippen molar-refractivity contribution in [1.82, 2.24) is 10.2 Å². The molecule has 1 atom stereocenters. The van der Waals surface area contributed by atoms with Crippen LogP contribution in [-0.4, -0.2) is 47.1 Å². The minimum absolute atomic E-state index is 0.131. The Balaban J connectivity index is 2.04. The average Bonchev–Trinajstić information content (AvgIpc) is 2.82. The van der Waals surface area contributed by atoms with Crippen LogP contribution in [0.2, 0.25) is 0 Å². The van der Waals surface area contributed by atoms with E-state index < -0.39 is 11.5 Å². The number of aliphatic carboxylic acids is 1. The summed E-state index contributed by atoms with van der Waals surface area (Å²) >= 11 is 0. The van der Waals surface area contributed by atoms with Crippen LogP contribution in [0.25, 0.3) is 0 Å². The summed E-state index contributed by atoms with van der Waals surface area (Å²) in [4.78, 5) is 24.7. The van der Waals surface area contributed by atoms with Crippen LogP contribution in [-0.2, 0) is 4.79 Å². The Morgan fingerprint density at radius 3 is 2.81 bits per heavy atom. The Labute approximate surface area is 122 Å². The van der Waals surface area contributed by atoms with Crippen LogP contribution in [0.1, 0.15) is 29.3 Å². The van der Waals surface area contributed by atoms with Crippen molar-refractivity contribution >= 4 is 11.9 Å².